The molecule has 1 fully saturated rings. The largest absolute Gasteiger partial charge is 0.379 e. The van der Waals surface area contributed by atoms with Crippen molar-refractivity contribution >= 4 is 0 Å². The van der Waals surface area contributed by atoms with Gasteiger partial charge in [-0.2, -0.15) is 0 Å². The smallest absolute Gasteiger partial charge is 0.0772 e. The first-order valence-corrected chi connectivity index (χ1v) is 7.75. The van der Waals surface area contributed by atoms with Crippen LogP contribution >= 0.6 is 0 Å². The lowest BCUT2D eigenvalue weighted by Gasteiger charge is -2.37. The average Bonchev–Trinajstić information content (AvgIpc) is 2.77. The summed E-state index contributed by atoms with van der Waals surface area (Å²) in [4.78, 5) is 0. The Balaban J connectivity index is 2.61. The minimum Gasteiger partial charge on any atom is -0.379 e. The van der Waals surface area contributed by atoms with E-state index in [0.717, 1.165) is 12.5 Å². The lowest BCUT2D eigenvalue weighted by Crippen LogP contribution is -2.48. The molecule has 1 rings (SSSR count). The van der Waals surface area contributed by atoms with Gasteiger partial charge in [0.15, 0.2) is 0 Å². The van der Waals surface area contributed by atoms with Gasteiger partial charge in [0.2, 0.25) is 0 Å². The highest BCUT2D eigenvalue weighted by Crippen LogP contribution is 2.33. The summed E-state index contributed by atoms with van der Waals surface area (Å²) in [5, 5.41) is 3.73. The second-order valence-electron chi connectivity index (χ2n) is 6.97. The molecule has 2 heteroatoms. The van der Waals surface area contributed by atoms with Crippen LogP contribution in [0.3, 0.4) is 0 Å². The third-order valence-electron chi connectivity index (χ3n) is 4.19. The van der Waals surface area contributed by atoms with Gasteiger partial charge in [0.1, 0.15) is 0 Å². The van der Waals surface area contributed by atoms with Crippen LogP contribution in [0.1, 0.15) is 66.2 Å². The van der Waals surface area contributed by atoms with Crippen molar-refractivity contribution in [1.29, 1.82) is 0 Å². The van der Waals surface area contributed by atoms with Crippen LogP contribution in [-0.2, 0) is 4.74 Å². The zero-order chi connectivity index (χ0) is 13.6. The van der Waals surface area contributed by atoms with Crippen molar-refractivity contribution in [2.24, 2.45) is 11.3 Å². The summed E-state index contributed by atoms with van der Waals surface area (Å²) in [6.07, 6.45) is 8.49. The first kappa shape index (κ1) is 16.0. The van der Waals surface area contributed by atoms with E-state index in [1.807, 2.05) is 7.11 Å². The van der Waals surface area contributed by atoms with Gasteiger partial charge < -0.3 is 10.1 Å². The maximum atomic E-state index is 5.82. The summed E-state index contributed by atoms with van der Waals surface area (Å²) in [7, 11) is 1.87. The molecule has 2 atom stereocenters. The van der Waals surface area contributed by atoms with Crippen LogP contribution in [0, 0.1) is 11.3 Å². The Kier molecular flexibility index (Phi) is 6.65. The highest BCUT2D eigenvalue weighted by atomic mass is 16.5. The fourth-order valence-electron chi connectivity index (χ4n) is 3.37. The molecule has 0 aromatic rings. The Morgan fingerprint density at radius 2 is 1.83 bits per heavy atom. The molecule has 0 saturated heterocycles. The Labute approximate surface area is 114 Å². The molecule has 18 heavy (non-hydrogen) atoms. The van der Waals surface area contributed by atoms with E-state index in [0.29, 0.717) is 12.1 Å². The van der Waals surface area contributed by atoms with Crippen LogP contribution in [-0.4, -0.2) is 25.8 Å². The van der Waals surface area contributed by atoms with E-state index in [1.54, 1.807) is 0 Å². The van der Waals surface area contributed by atoms with E-state index in [9.17, 15) is 0 Å². The summed E-state index contributed by atoms with van der Waals surface area (Å²) in [5.41, 5.74) is 0.207. The Hall–Kier alpha value is -0.0800. The zero-order valence-corrected chi connectivity index (χ0v) is 13.1. The van der Waals surface area contributed by atoms with Crippen molar-refractivity contribution in [2.75, 3.05) is 13.7 Å². The number of hydrogen-bond donors (Lipinski definition) is 1. The number of hydrogen-bond acceptors (Lipinski definition) is 2. The van der Waals surface area contributed by atoms with Gasteiger partial charge in [-0.1, -0.05) is 53.4 Å². The van der Waals surface area contributed by atoms with Gasteiger partial charge in [0.25, 0.3) is 0 Å². The molecular formula is C16H33NO. The SMILES string of the molecule is CCCNC(CC1CCCC1)C(OC)C(C)(C)C. The van der Waals surface area contributed by atoms with Crippen LogP contribution < -0.4 is 5.32 Å². The van der Waals surface area contributed by atoms with Gasteiger partial charge in [-0.15, -0.1) is 0 Å². The van der Waals surface area contributed by atoms with Crippen molar-refractivity contribution in [1.82, 2.24) is 5.32 Å². The average molecular weight is 255 g/mol. The zero-order valence-electron chi connectivity index (χ0n) is 13.1. The number of ether oxygens (including phenoxy) is 1. The minimum absolute atomic E-state index is 0.207. The molecule has 2 nitrogen and oxygen atoms in total. The fourth-order valence-corrected chi connectivity index (χ4v) is 3.37. The van der Waals surface area contributed by atoms with Crippen LogP contribution in [0.5, 0.6) is 0 Å². The first-order valence-electron chi connectivity index (χ1n) is 7.75. The Bertz CT molecular complexity index is 216. The standard InChI is InChI=1S/C16H33NO/c1-6-11-17-14(12-13-9-7-8-10-13)15(18-5)16(2,3)4/h13-15,17H,6-12H2,1-5H3. The van der Waals surface area contributed by atoms with Crippen molar-refractivity contribution in [3.63, 3.8) is 0 Å². The summed E-state index contributed by atoms with van der Waals surface area (Å²) in [5.74, 6) is 0.916. The molecule has 2 unspecified atom stereocenters. The van der Waals surface area contributed by atoms with E-state index < -0.39 is 0 Å². The molecule has 0 aliphatic heterocycles. The monoisotopic (exact) mass is 255 g/mol. The van der Waals surface area contributed by atoms with Crippen LogP contribution in [0.15, 0.2) is 0 Å². The maximum Gasteiger partial charge on any atom is 0.0772 e. The van der Waals surface area contributed by atoms with Crippen molar-refractivity contribution in [2.45, 2.75) is 78.4 Å². The molecule has 1 saturated carbocycles. The van der Waals surface area contributed by atoms with E-state index in [4.69, 9.17) is 4.74 Å². The topological polar surface area (TPSA) is 21.3 Å². The molecular weight excluding hydrogens is 222 g/mol. The van der Waals surface area contributed by atoms with Crippen molar-refractivity contribution < 1.29 is 4.74 Å². The molecule has 1 aliphatic carbocycles. The van der Waals surface area contributed by atoms with Gasteiger partial charge in [-0.3, -0.25) is 0 Å². The first-order chi connectivity index (χ1) is 8.49. The van der Waals surface area contributed by atoms with Gasteiger partial charge in [0, 0.05) is 13.2 Å². The molecule has 0 spiro atoms. The summed E-state index contributed by atoms with van der Waals surface area (Å²) >= 11 is 0. The van der Waals surface area contributed by atoms with Crippen LogP contribution in [0.4, 0.5) is 0 Å². The maximum absolute atomic E-state index is 5.82. The third-order valence-corrected chi connectivity index (χ3v) is 4.19. The van der Waals surface area contributed by atoms with Gasteiger partial charge in [0.05, 0.1) is 6.10 Å². The van der Waals surface area contributed by atoms with Gasteiger partial charge in [-0.25, -0.2) is 0 Å². The molecule has 108 valence electrons. The number of methoxy groups -OCH3 is 1. The van der Waals surface area contributed by atoms with E-state index in [1.165, 1.54) is 38.5 Å². The lowest BCUT2D eigenvalue weighted by atomic mass is 9.81. The second kappa shape index (κ2) is 7.49. The molecule has 0 aromatic heterocycles. The number of nitrogens with one attached hydrogen (secondary N) is 1. The molecule has 0 aromatic carbocycles. The Morgan fingerprint density at radius 1 is 1.22 bits per heavy atom. The predicted octanol–water partition coefficient (Wildman–Crippen LogP) is 4.00. The summed E-state index contributed by atoms with van der Waals surface area (Å²) in [6, 6.07) is 0.512. The molecule has 0 radical (unpaired) electrons. The predicted molar refractivity (Wildman–Crippen MR) is 78.9 cm³/mol. The molecule has 0 amide bonds. The summed E-state index contributed by atoms with van der Waals surface area (Å²) in [6.45, 7) is 10.2. The Morgan fingerprint density at radius 3 is 2.28 bits per heavy atom. The quantitative estimate of drug-likeness (QED) is 0.742. The van der Waals surface area contributed by atoms with Crippen LogP contribution in [0.2, 0.25) is 0 Å². The molecule has 0 heterocycles. The summed E-state index contributed by atoms with van der Waals surface area (Å²) < 4.78 is 5.82. The molecule has 1 N–H and O–H groups in total. The second-order valence-corrected chi connectivity index (χ2v) is 6.97. The molecule has 1 aliphatic rings. The lowest BCUT2D eigenvalue weighted by molar-refractivity contribution is -0.0167. The normalized spacial score (nSPS) is 21.2. The highest BCUT2D eigenvalue weighted by Gasteiger charge is 2.33. The molecule has 0 bridgehead atoms. The minimum atomic E-state index is 0.207. The van der Waals surface area contributed by atoms with Crippen LogP contribution in [0.25, 0.3) is 0 Å². The van der Waals surface area contributed by atoms with Crippen molar-refractivity contribution in [3.05, 3.63) is 0 Å². The van der Waals surface area contributed by atoms with E-state index in [2.05, 4.69) is 33.0 Å². The van der Waals surface area contributed by atoms with Crippen molar-refractivity contribution in [3.8, 4) is 0 Å². The van der Waals surface area contributed by atoms with E-state index in [-0.39, 0.29) is 5.41 Å². The number of rotatable bonds is 7. The van der Waals surface area contributed by atoms with Gasteiger partial charge >= 0.3 is 0 Å². The third kappa shape index (κ3) is 4.89. The van der Waals surface area contributed by atoms with Gasteiger partial charge in [-0.05, 0) is 30.7 Å². The fraction of sp³-hybridized carbons (Fsp3) is 1.00. The highest BCUT2D eigenvalue weighted by molar-refractivity contribution is 4.88. The van der Waals surface area contributed by atoms with E-state index >= 15 is 0 Å².